The van der Waals surface area contributed by atoms with Crippen molar-refractivity contribution in [3.63, 3.8) is 0 Å². The minimum atomic E-state index is -0.865. The fourth-order valence-electron chi connectivity index (χ4n) is 3.54. The molecule has 8 heteroatoms. The summed E-state index contributed by atoms with van der Waals surface area (Å²) in [6.45, 7) is 3.35. The van der Waals surface area contributed by atoms with Crippen LogP contribution in [0.2, 0.25) is 5.02 Å². The number of hydrazone groups is 2. The molecule has 0 bridgehead atoms. The molecule has 0 spiro atoms. The summed E-state index contributed by atoms with van der Waals surface area (Å²) in [5, 5.41) is 11.1. The Morgan fingerprint density at radius 3 is 2.10 bits per heavy atom. The zero-order valence-corrected chi connectivity index (χ0v) is 16.5. The van der Waals surface area contributed by atoms with Gasteiger partial charge in [-0.25, -0.2) is 5.01 Å². The van der Waals surface area contributed by atoms with E-state index in [-0.39, 0.29) is 11.5 Å². The first-order valence-electron chi connectivity index (χ1n) is 9.01. The van der Waals surface area contributed by atoms with Gasteiger partial charge < -0.3 is 0 Å². The highest BCUT2D eigenvalue weighted by Gasteiger charge is 2.49. The van der Waals surface area contributed by atoms with Crippen molar-refractivity contribution in [2.75, 3.05) is 5.01 Å². The molecule has 2 aliphatic rings. The van der Waals surface area contributed by atoms with Crippen LogP contribution in [0.5, 0.6) is 0 Å². The maximum Gasteiger partial charge on any atom is 0.281 e. The van der Waals surface area contributed by atoms with Crippen molar-refractivity contribution < 1.29 is 14.4 Å². The number of anilines is 1. The fraction of sp³-hybridized carbons (Fsp3) is 0.190. The van der Waals surface area contributed by atoms with Crippen LogP contribution in [0, 0.1) is 11.8 Å². The Labute approximate surface area is 172 Å². The van der Waals surface area contributed by atoms with Crippen LogP contribution in [-0.4, -0.2) is 34.2 Å². The fourth-order valence-corrected chi connectivity index (χ4v) is 3.67. The Morgan fingerprint density at radius 2 is 1.45 bits per heavy atom. The molecular weight excluding hydrogens is 392 g/mol. The summed E-state index contributed by atoms with van der Waals surface area (Å²) >= 11 is 5.86. The minimum absolute atomic E-state index is 0.286. The molecule has 4 rings (SSSR count). The van der Waals surface area contributed by atoms with Crippen LogP contribution in [0.3, 0.4) is 0 Å². The van der Waals surface area contributed by atoms with Gasteiger partial charge in [-0.15, -0.1) is 0 Å². The van der Waals surface area contributed by atoms with Gasteiger partial charge in [-0.3, -0.25) is 14.4 Å². The topological polar surface area (TPSA) is 82.4 Å². The number of para-hydroxylation sites is 1. The molecule has 0 saturated heterocycles. The Morgan fingerprint density at radius 1 is 0.862 bits per heavy atom. The summed E-state index contributed by atoms with van der Waals surface area (Å²) in [5.74, 6) is -3.08. The number of imide groups is 1. The molecule has 3 amide bonds. The zero-order chi connectivity index (χ0) is 20.7. The predicted molar refractivity (Wildman–Crippen MR) is 110 cm³/mol. The molecule has 2 aliphatic heterocycles. The van der Waals surface area contributed by atoms with Crippen LogP contribution in [0.4, 0.5) is 5.69 Å². The number of benzene rings is 2. The number of carbonyl (C=O) groups is 3. The third-order valence-corrected chi connectivity index (χ3v) is 5.23. The summed E-state index contributed by atoms with van der Waals surface area (Å²) in [7, 11) is 0. The van der Waals surface area contributed by atoms with E-state index in [0.717, 1.165) is 5.01 Å². The monoisotopic (exact) mass is 408 g/mol. The molecule has 0 saturated carbocycles. The summed E-state index contributed by atoms with van der Waals surface area (Å²) in [6.07, 6.45) is 0. The molecule has 0 aromatic heterocycles. The first kappa shape index (κ1) is 19.0. The van der Waals surface area contributed by atoms with Gasteiger partial charge >= 0.3 is 0 Å². The van der Waals surface area contributed by atoms with E-state index < -0.39 is 23.7 Å². The average Bonchev–Trinajstić information content (AvgIpc) is 3.17. The molecular formula is C21H17ClN4O3. The molecule has 2 atom stereocenters. The van der Waals surface area contributed by atoms with Crippen LogP contribution in [0.1, 0.15) is 24.2 Å². The molecule has 146 valence electrons. The van der Waals surface area contributed by atoms with Gasteiger partial charge in [0.25, 0.3) is 17.7 Å². The van der Waals surface area contributed by atoms with Crippen LogP contribution in [0.15, 0.2) is 64.8 Å². The van der Waals surface area contributed by atoms with Crippen molar-refractivity contribution in [2.24, 2.45) is 22.0 Å². The summed E-state index contributed by atoms with van der Waals surface area (Å²) < 4.78 is 0. The molecule has 0 aliphatic carbocycles. The average molecular weight is 409 g/mol. The second-order valence-corrected chi connectivity index (χ2v) is 7.32. The molecule has 2 unspecified atom stereocenters. The van der Waals surface area contributed by atoms with Crippen LogP contribution in [-0.2, 0) is 9.59 Å². The number of nitrogens with zero attached hydrogens (tertiary/aromatic N) is 4. The van der Waals surface area contributed by atoms with E-state index >= 15 is 0 Å². The normalized spacial score (nSPS) is 21.5. The van der Waals surface area contributed by atoms with E-state index in [0.29, 0.717) is 22.1 Å². The smallest absolute Gasteiger partial charge is 0.272 e. The van der Waals surface area contributed by atoms with Gasteiger partial charge in [0.05, 0.1) is 17.5 Å². The number of halogens is 1. The largest absolute Gasteiger partial charge is 0.281 e. The highest BCUT2D eigenvalue weighted by Crippen LogP contribution is 2.33. The zero-order valence-electron chi connectivity index (χ0n) is 15.7. The molecule has 2 heterocycles. The quantitative estimate of drug-likeness (QED) is 0.730. The maximum absolute atomic E-state index is 13.1. The van der Waals surface area contributed by atoms with Gasteiger partial charge in [0, 0.05) is 22.0 Å². The van der Waals surface area contributed by atoms with Crippen LogP contribution >= 0.6 is 11.6 Å². The van der Waals surface area contributed by atoms with Gasteiger partial charge in [0.15, 0.2) is 0 Å². The first-order chi connectivity index (χ1) is 13.9. The lowest BCUT2D eigenvalue weighted by atomic mass is 9.85. The molecule has 0 radical (unpaired) electrons. The van der Waals surface area contributed by atoms with Gasteiger partial charge in [0.1, 0.15) is 0 Å². The van der Waals surface area contributed by atoms with Gasteiger partial charge in [-0.2, -0.15) is 15.2 Å². The number of rotatable bonds is 3. The van der Waals surface area contributed by atoms with Crippen LogP contribution < -0.4 is 5.01 Å². The number of hydrogen-bond acceptors (Lipinski definition) is 5. The van der Waals surface area contributed by atoms with E-state index in [1.54, 1.807) is 50.2 Å². The maximum atomic E-state index is 13.1. The Balaban J connectivity index is 1.60. The predicted octanol–water partition coefficient (Wildman–Crippen LogP) is 3.35. The molecule has 2 aromatic rings. The second kappa shape index (κ2) is 7.25. The van der Waals surface area contributed by atoms with E-state index in [9.17, 15) is 14.4 Å². The highest BCUT2D eigenvalue weighted by atomic mass is 35.5. The SMILES string of the molecule is CC1=NN(C(=O)c2ccc(Cl)cc2)C(=O)C1C1C(=O)N(c2ccccc2)N=C1C. The van der Waals surface area contributed by atoms with Crippen molar-refractivity contribution in [3.05, 3.63) is 65.2 Å². The summed E-state index contributed by atoms with van der Waals surface area (Å²) in [6, 6.07) is 15.2. The van der Waals surface area contributed by atoms with Gasteiger partial charge in [0.2, 0.25) is 0 Å². The third kappa shape index (κ3) is 3.23. The highest BCUT2D eigenvalue weighted by molar-refractivity contribution is 6.30. The Bertz CT molecular complexity index is 1060. The van der Waals surface area contributed by atoms with E-state index in [1.165, 1.54) is 17.1 Å². The standard InChI is InChI=1S/C21H17ClN4O3/c1-12-17(20(28)25(23-12)16-6-4-3-5-7-16)18-13(2)24-26(21(18)29)19(27)14-8-10-15(22)11-9-14/h3-11,17-18H,1-2H3. The van der Waals surface area contributed by atoms with Crippen LogP contribution in [0.25, 0.3) is 0 Å². The molecule has 0 fully saturated rings. The van der Waals surface area contributed by atoms with Crippen molar-refractivity contribution in [1.82, 2.24) is 5.01 Å². The van der Waals surface area contributed by atoms with Gasteiger partial charge in [-0.05, 0) is 50.2 Å². The lowest BCUT2D eigenvalue weighted by molar-refractivity contribution is -0.133. The summed E-state index contributed by atoms with van der Waals surface area (Å²) in [5.41, 5.74) is 1.81. The van der Waals surface area contributed by atoms with Crippen molar-refractivity contribution in [1.29, 1.82) is 0 Å². The summed E-state index contributed by atoms with van der Waals surface area (Å²) in [4.78, 5) is 38.9. The molecule has 7 nitrogen and oxygen atoms in total. The lowest BCUT2D eigenvalue weighted by Crippen LogP contribution is -2.41. The van der Waals surface area contributed by atoms with Crippen molar-refractivity contribution in [2.45, 2.75) is 13.8 Å². The number of carbonyl (C=O) groups excluding carboxylic acids is 3. The molecule has 2 aromatic carbocycles. The lowest BCUT2D eigenvalue weighted by Gasteiger charge is -2.19. The minimum Gasteiger partial charge on any atom is -0.272 e. The third-order valence-electron chi connectivity index (χ3n) is 4.98. The van der Waals surface area contributed by atoms with E-state index in [1.807, 2.05) is 6.07 Å². The Kier molecular flexibility index (Phi) is 4.76. The number of amides is 3. The van der Waals surface area contributed by atoms with E-state index in [2.05, 4.69) is 10.2 Å². The number of hydrogen-bond donors (Lipinski definition) is 0. The second-order valence-electron chi connectivity index (χ2n) is 6.89. The molecule has 0 N–H and O–H groups in total. The Hall–Kier alpha value is -3.32. The van der Waals surface area contributed by atoms with Crippen molar-refractivity contribution >= 4 is 46.4 Å². The van der Waals surface area contributed by atoms with E-state index in [4.69, 9.17) is 11.6 Å². The van der Waals surface area contributed by atoms with Gasteiger partial charge in [-0.1, -0.05) is 29.8 Å². The van der Waals surface area contributed by atoms with Crippen molar-refractivity contribution in [3.8, 4) is 0 Å². The first-order valence-corrected chi connectivity index (χ1v) is 9.39. The molecule has 29 heavy (non-hydrogen) atoms.